The van der Waals surface area contributed by atoms with Gasteiger partial charge in [-0.3, -0.25) is 0 Å². The molecule has 2 aromatic carbocycles. The van der Waals surface area contributed by atoms with E-state index in [1.54, 1.807) is 23.5 Å². The number of benzene rings is 2. The van der Waals surface area contributed by atoms with E-state index in [4.69, 9.17) is 4.98 Å². The Hall–Kier alpha value is -2.13. The van der Waals surface area contributed by atoms with Crippen molar-refractivity contribution in [3.8, 4) is 27.6 Å². The first kappa shape index (κ1) is 13.8. The Morgan fingerprint density at radius 2 is 1.57 bits per heavy atom. The maximum Gasteiger partial charge on any atom is 0.124 e. The standard InChI is InChI=1S/C18H17NOS/c1-11-8-13(3)16(9-12(11)2)17-10-21-18(19-17)14-4-6-15(20)7-5-14/h4-10,20H,1-3H3. The number of aromatic hydroxyl groups is 1. The summed E-state index contributed by atoms with van der Waals surface area (Å²) in [5, 5.41) is 12.4. The van der Waals surface area contributed by atoms with Crippen LogP contribution in [0.25, 0.3) is 21.8 Å². The van der Waals surface area contributed by atoms with Gasteiger partial charge in [0.15, 0.2) is 0 Å². The zero-order valence-electron chi connectivity index (χ0n) is 12.3. The number of nitrogens with zero attached hydrogens (tertiary/aromatic N) is 1. The third kappa shape index (κ3) is 2.69. The molecule has 2 nitrogen and oxygen atoms in total. The van der Waals surface area contributed by atoms with Gasteiger partial charge in [-0.15, -0.1) is 11.3 Å². The molecular formula is C18H17NOS. The molecule has 1 N–H and O–H groups in total. The minimum absolute atomic E-state index is 0.278. The van der Waals surface area contributed by atoms with E-state index in [-0.39, 0.29) is 5.75 Å². The minimum Gasteiger partial charge on any atom is -0.508 e. The summed E-state index contributed by atoms with van der Waals surface area (Å²) in [5.74, 6) is 0.278. The SMILES string of the molecule is Cc1cc(C)c(-c2csc(-c3ccc(O)cc3)n2)cc1C. The maximum atomic E-state index is 9.36. The van der Waals surface area contributed by atoms with Crippen molar-refractivity contribution in [2.24, 2.45) is 0 Å². The smallest absolute Gasteiger partial charge is 0.124 e. The van der Waals surface area contributed by atoms with E-state index in [2.05, 4.69) is 38.3 Å². The van der Waals surface area contributed by atoms with Crippen molar-refractivity contribution in [2.75, 3.05) is 0 Å². The third-order valence-electron chi connectivity index (χ3n) is 3.74. The fraction of sp³-hybridized carbons (Fsp3) is 0.167. The molecule has 0 fully saturated rings. The van der Waals surface area contributed by atoms with E-state index < -0.39 is 0 Å². The van der Waals surface area contributed by atoms with Gasteiger partial charge in [0.1, 0.15) is 10.8 Å². The second kappa shape index (κ2) is 5.34. The lowest BCUT2D eigenvalue weighted by molar-refractivity contribution is 0.475. The first-order valence-electron chi connectivity index (χ1n) is 6.88. The molecule has 0 spiro atoms. The lowest BCUT2D eigenvalue weighted by atomic mass is 9.99. The average molecular weight is 295 g/mol. The minimum atomic E-state index is 0.278. The second-order valence-corrected chi connectivity index (χ2v) is 6.19. The number of aryl methyl sites for hydroxylation is 3. The Kier molecular flexibility index (Phi) is 3.52. The van der Waals surface area contributed by atoms with Crippen molar-refractivity contribution in [1.82, 2.24) is 4.98 Å². The fourth-order valence-electron chi connectivity index (χ4n) is 2.37. The Bertz CT molecular complexity index is 787. The van der Waals surface area contributed by atoms with Gasteiger partial charge < -0.3 is 5.11 Å². The number of aromatic nitrogens is 1. The van der Waals surface area contributed by atoms with Crippen LogP contribution in [0, 0.1) is 20.8 Å². The quantitative estimate of drug-likeness (QED) is 0.713. The molecule has 1 aromatic heterocycles. The molecule has 0 radical (unpaired) electrons. The van der Waals surface area contributed by atoms with Crippen LogP contribution >= 0.6 is 11.3 Å². The van der Waals surface area contributed by atoms with E-state index in [9.17, 15) is 5.11 Å². The van der Waals surface area contributed by atoms with Gasteiger partial charge >= 0.3 is 0 Å². The molecule has 0 aliphatic rings. The van der Waals surface area contributed by atoms with Crippen molar-refractivity contribution in [1.29, 1.82) is 0 Å². The van der Waals surface area contributed by atoms with Gasteiger partial charge in [0.25, 0.3) is 0 Å². The molecule has 0 saturated heterocycles. The van der Waals surface area contributed by atoms with Crippen molar-refractivity contribution < 1.29 is 5.11 Å². The molecule has 3 aromatic rings. The fourth-order valence-corrected chi connectivity index (χ4v) is 3.20. The summed E-state index contributed by atoms with van der Waals surface area (Å²) >= 11 is 1.63. The molecule has 0 aliphatic carbocycles. The van der Waals surface area contributed by atoms with Gasteiger partial charge in [0.2, 0.25) is 0 Å². The Labute approximate surface area is 128 Å². The summed E-state index contributed by atoms with van der Waals surface area (Å²) in [4.78, 5) is 4.75. The predicted octanol–water partition coefficient (Wildman–Crippen LogP) is 5.11. The molecule has 0 saturated carbocycles. The summed E-state index contributed by atoms with van der Waals surface area (Å²) in [6.45, 7) is 6.39. The van der Waals surface area contributed by atoms with Crippen LogP contribution in [0.15, 0.2) is 41.8 Å². The van der Waals surface area contributed by atoms with Crippen LogP contribution in [0.2, 0.25) is 0 Å². The van der Waals surface area contributed by atoms with Gasteiger partial charge in [-0.1, -0.05) is 6.07 Å². The Morgan fingerprint density at radius 1 is 0.905 bits per heavy atom. The predicted molar refractivity (Wildman–Crippen MR) is 88.9 cm³/mol. The number of rotatable bonds is 2. The second-order valence-electron chi connectivity index (χ2n) is 5.34. The van der Waals surface area contributed by atoms with Crippen LogP contribution in [-0.2, 0) is 0 Å². The summed E-state index contributed by atoms with van der Waals surface area (Å²) < 4.78 is 0. The van der Waals surface area contributed by atoms with E-state index in [0.717, 1.165) is 16.3 Å². The van der Waals surface area contributed by atoms with Gasteiger partial charge in [0, 0.05) is 16.5 Å². The normalized spacial score (nSPS) is 10.8. The van der Waals surface area contributed by atoms with Gasteiger partial charge in [-0.25, -0.2) is 4.98 Å². The number of phenolic OH excluding ortho intramolecular Hbond substituents is 1. The van der Waals surface area contributed by atoms with Crippen LogP contribution in [0.4, 0.5) is 0 Å². The van der Waals surface area contributed by atoms with E-state index >= 15 is 0 Å². The van der Waals surface area contributed by atoms with Gasteiger partial charge in [-0.05, 0) is 67.8 Å². The van der Waals surface area contributed by atoms with Gasteiger partial charge in [0.05, 0.1) is 5.69 Å². The van der Waals surface area contributed by atoms with E-state index in [1.165, 1.54) is 22.3 Å². The maximum absolute atomic E-state index is 9.36. The molecule has 0 amide bonds. The average Bonchev–Trinajstić information content (AvgIpc) is 2.93. The van der Waals surface area contributed by atoms with Crippen molar-refractivity contribution in [2.45, 2.75) is 20.8 Å². The topological polar surface area (TPSA) is 33.1 Å². The highest BCUT2D eigenvalue weighted by Crippen LogP contribution is 2.32. The lowest BCUT2D eigenvalue weighted by Gasteiger charge is -2.07. The highest BCUT2D eigenvalue weighted by molar-refractivity contribution is 7.13. The molecular weight excluding hydrogens is 278 g/mol. The number of thiazole rings is 1. The van der Waals surface area contributed by atoms with Crippen molar-refractivity contribution >= 4 is 11.3 Å². The molecule has 1 heterocycles. The van der Waals surface area contributed by atoms with E-state index in [1.807, 2.05) is 12.1 Å². The monoisotopic (exact) mass is 295 g/mol. The van der Waals surface area contributed by atoms with E-state index in [0.29, 0.717) is 0 Å². The Balaban J connectivity index is 2.02. The first-order chi connectivity index (χ1) is 10.0. The molecule has 0 aliphatic heterocycles. The molecule has 21 heavy (non-hydrogen) atoms. The summed E-state index contributed by atoms with van der Waals surface area (Å²) in [6, 6.07) is 11.6. The molecule has 0 bridgehead atoms. The summed E-state index contributed by atoms with van der Waals surface area (Å²) in [5.41, 5.74) is 7.09. The van der Waals surface area contributed by atoms with Crippen LogP contribution in [0.5, 0.6) is 5.75 Å². The van der Waals surface area contributed by atoms with Crippen LogP contribution in [-0.4, -0.2) is 10.1 Å². The molecule has 3 heteroatoms. The van der Waals surface area contributed by atoms with Crippen molar-refractivity contribution in [3.63, 3.8) is 0 Å². The highest BCUT2D eigenvalue weighted by atomic mass is 32.1. The lowest BCUT2D eigenvalue weighted by Crippen LogP contribution is -1.89. The third-order valence-corrected chi connectivity index (χ3v) is 4.63. The molecule has 0 atom stereocenters. The number of hydrogen-bond acceptors (Lipinski definition) is 3. The molecule has 106 valence electrons. The zero-order chi connectivity index (χ0) is 15.0. The number of hydrogen-bond donors (Lipinski definition) is 1. The molecule has 0 unspecified atom stereocenters. The largest absolute Gasteiger partial charge is 0.508 e. The van der Waals surface area contributed by atoms with Gasteiger partial charge in [-0.2, -0.15) is 0 Å². The summed E-state index contributed by atoms with van der Waals surface area (Å²) in [6.07, 6.45) is 0. The molecule has 3 rings (SSSR count). The number of phenols is 1. The highest BCUT2D eigenvalue weighted by Gasteiger charge is 2.10. The van der Waals surface area contributed by atoms with Crippen LogP contribution in [0.3, 0.4) is 0 Å². The first-order valence-corrected chi connectivity index (χ1v) is 7.76. The Morgan fingerprint density at radius 3 is 2.29 bits per heavy atom. The van der Waals surface area contributed by atoms with Crippen LogP contribution in [0.1, 0.15) is 16.7 Å². The van der Waals surface area contributed by atoms with Crippen molar-refractivity contribution in [3.05, 3.63) is 58.5 Å². The summed E-state index contributed by atoms with van der Waals surface area (Å²) in [7, 11) is 0. The zero-order valence-corrected chi connectivity index (χ0v) is 13.2. The van der Waals surface area contributed by atoms with Crippen LogP contribution < -0.4 is 0 Å².